The highest BCUT2D eigenvalue weighted by molar-refractivity contribution is 5.92. The molecule has 6 nitrogen and oxygen atoms in total. The van der Waals surface area contributed by atoms with Gasteiger partial charge >= 0.3 is 0 Å². The van der Waals surface area contributed by atoms with Crippen molar-refractivity contribution in [2.45, 2.75) is 31.8 Å². The smallest absolute Gasteiger partial charge is 0.269 e. The molecule has 122 valence electrons. The van der Waals surface area contributed by atoms with E-state index in [1.807, 2.05) is 24.4 Å². The van der Waals surface area contributed by atoms with E-state index >= 15 is 0 Å². The summed E-state index contributed by atoms with van der Waals surface area (Å²) in [6.45, 7) is 0.761. The Morgan fingerprint density at radius 2 is 2.17 bits per heavy atom. The van der Waals surface area contributed by atoms with Crippen LogP contribution in [0.25, 0.3) is 0 Å². The number of hydrogen-bond donors (Lipinski definition) is 2. The summed E-state index contributed by atoms with van der Waals surface area (Å²) in [6, 6.07) is 12.0. The first-order chi connectivity index (χ1) is 11.8. The lowest BCUT2D eigenvalue weighted by molar-refractivity contribution is 0.0927. The van der Waals surface area contributed by atoms with E-state index in [0.29, 0.717) is 5.69 Å². The predicted molar refractivity (Wildman–Crippen MR) is 89.5 cm³/mol. The molecule has 0 spiro atoms. The summed E-state index contributed by atoms with van der Waals surface area (Å²) in [5.74, 6) is -0.124. The lowest BCUT2D eigenvalue weighted by atomic mass is 9.92. The zero-order valence-electron chi connectivity index (χ0n) is 13.3. The largest absolute Gasteiger partial charge is 0.344 e. The molecule has 0 saturated heterocycles. The normalized spacial score (nSPS) is 16.6. The Bertz CT molecular complexity index is 822. The molecule has 0 saturated carbocycles. The molecule has 1 amide bonds. The minimum Gasteiger partial charge on any atom is -0.344 e. The van der Waals surface area contributed by atoms with E-state index in [4.69, 9.17) is 0 Å². The van der Waals surface area contributed by atoms with Gasteiger partial charge in [0.2, 0.25) is 0 Å². The summed E-state index contributed by atoms with van der Waals surface area (Å²) in [7, 11) is 0. The molecule has 0 aliphatic heterocycles. The summed E-state index contributed by atoms with van der Waals surface area (Å²) in [5.41, 5.74) is 4.07. The Labute approximate surface area is 139 Å². The van der Waals surface area contributed by atoms with Crippen LogP contribution in [0.2, 0.25) is 0 Å². The highest BCUT2D eigenvalue weighted by Gasteiger charge is 2.26. The van der Waals surface area contributed by atoms with Gasteiger partial charge in [-0.1, -0.05) is 30.3 Å². The summed E-state index contributed by atoms with van der Waals surface area (Å²) in [4.78, 5) is 12.3. The fourth-order valence-electron chi connectivity index (χ4n) is 3.28. The molecule has 6 heteroatoms. The molecule has 24 heavy (non-hydrogen) atoms. The molecule has 0 radical (unpaired) electrons. The van der Waals surface area contributed by atoms with Gasteiger partial charge in [0.05, 0.1) is 18.8 Å². The predicted octanol–water partition coefficient (Wildman–Crippen LogP) is 2.46. The van der Waals surface area contributed by atoms with Gasteiger partial charge in [-0.05, 0) is 30.9 Å². The fraction of sp³-hybridized carbons (Fsp3) is 0.278. The Balaban J connectivity index is 1.54. The average Bonchev–Trinajstić information content (AvgIpc) is 3.27. The maximum absolute atomic E-state index is 12.3. The van der Waals surface area contributed by atoms with Crippen molar-refractivity contribution in [2.24, 2.45) is 0 Å². The third-order valence-corrected chi connectivity index (χ3v) is 4.49. The molecule has 1 aromatic carbocycles. The monoisotopic (exact) mass is 321 g/mol. The van der Waals surface area contributed by atoms with Crippen LogP contribution in [-0.4, -0.2) is 25.9 Å². The maximum Gasteiger partial charge on any atom is 0.269 e. The lowest BCUT2D eigenvalue weighted by Gasteiger charge is -2.24. The van der Waals surface area contributed by atoms with Gasteiger partial charge in [0, 0.05) is 17.5 Å². The average molecular weight is 321 g/mol. The van der Waals surface area contributed by atoms with Crippen molar-refractivity contribution in [3.63, 3.8) is 0 Å². The van der Waals surface area contributed by atoms with Crippen molar-refractivity contribution < 1.29 is 4.79 Å². The number of carbonyl (C=O) groups excluding carboxylic acids is 1. The number of aromatic nitrogens is 4. The van der Waals surface area contributed by atoms with Crippen LogP contribution < -0.4 is 5.32 Å². The molecule has 0 fully saturated rings. The van der Waals surface area contributed by atoms with Gasteiger partial charge in [0.25, 0.3) is 5.91 Å². The van der Waals surface area contributed by atoms with Gasteiger partial charge in [-0.2, -0.15) is 10.2 Å². The van der Waals surface area contributed by atoms with Crippen molar-refractivity contribution in [1.29, 1.82) is 0 Å². The number of carbonyl (C=O) groups is 1. The number of aromatic amines is 1. The summed E-state index contributed by atoms with van der Waals surface area (Å²) in [5, 5.41) is 14.2. The lowest BCUT2D eigenvalue weighted by Crippen LogP contribution is -2.31. The molecule has 4 rings (SSSR count). The highest BCUT2D eigenvalue weighted by Crippen LogP contribution is 2.30. The minimum absolute atomic E-state index is 0.00840. The van der Waals surface area contributed by atoms with Crippen molar-refractivity contribution >= 4 is 5.91 Å². The molecule has 0 unspecified atom stereocenters. The van der Waals surface area contributed by atoms with E-state index in [1.54, 1.807) is 12.3 Å². The number of nitrogens with zero attached hydrogens (tertiary/aromatic N) is 3. The highest BCUT2D eigenvalue weighted by atomic mass is 16.2. The van der Waals surface area contributed by atoms with Crippen LogP contribution in [0.15, 0.2) is 48.8 Å². The van der Waals surface area contributed by atoms with Gasteiger partial charge in [0.1, 0.15) is 5.69 Å². The van der Waals surface area contributed by atoms with E-state index in [0.717, 1.165) is 31.4 Å². The summed E-state index contributed by atoms with van der Waals surface area (Å²) < 4.78 is 2.05. The number of benzene rings is 1. The van der Waals surface area contributed by atoms with Gasteiger partial charge in [-0.15, -0.1) is 0 Å². The summed E-state index contributed by atoms with van der Waals surface area (Å²) in [6.07, 6.45) is 6.46. The minimum atomic E-state index is -0.124. The Morgan fingerprint density at radius 3 is 2.96 bits per heavy atom. The third-order valence-electron chi connectivity index (χ3n) is 4.49. The van der Waals surface area contributed by atoms with Crippen LogP contribution in [0.3, 0.4) is 0 Å². The number of nitrogens with one attached hydrogen (secondary N) is 2. The molecule has 2 aromatic heterocycles. The number of amides is 1. The van der Waals surface area contributed by atoms with Crippen molar-refractivity contribution in [3.8, 4) is 0 Å². The molecule has 2 N–H and O–H groups in total. The van der Waals surface area contributed by atoms with Crippen molar-refractivity contribution in [1.82, 2.24) is 25.3 Å². The molecule has 1 atom stereocenters. The van der Waals surface area contributed by atoms with Crippen molar-refractivity contribution in [3.05, 3.63) is 71.3 Å². The second kappa shape index (κ2) is 6.31. The van der Waals surface area contributed by atoms with Gasteiger partial charge in [-0.3, -0.25) is 14.6 Å². The summed E-state index contributed by atoms with van der Waals surface area (Å²) >= 11 is 0. The molecule has 1 aliphatic rings. The maximum atomic E-state index is 12.3. The van der Waals surface area contributed by atoms with Crippen LogP contribution in [0.1, 0.15) is 46.2 Å². The molecule has 0 bridgehead atoms. The number of H-pyrrole nitrogens is 1. The van der Waals surface area contributed by atoms with E-state index in [9.17, 15) is 4.79 Å². The molecule has 1 aliphatic carbocycles. The van der Waals surface area contributed by atoms with Crippen LogP contribution in [-0.2, 0) is 13.0 Å². The quantitative estimate of drug-likeness (QED) is 0.775. The van der Waals surface area contributed by atoms with Gasteiger partial charge in [-0.25, -0.2) is 0 Å². The molecular weight excluding hydrogens is 302 g/mol. The zero-order valence-corrected chi connectivity index (χ0v) is 13.3. The fourth-order valence-corrected chi connectivity index (χ4v) is 3.28. The van der Waals surface area contributed by atoms with Crippen LogP contribution in [0.5, 0.6) is 0 Å². The Hall–Kier alpha value is -2.89. The molecular formula is C18H19N5O. The number of hydrogen-bond acceptors (Lipinski definition) is 3. The van der Waals surface area contributed by atoms with Crippen LogP contribution in [0.4, 0.5) is 0 Å². The van der Waals surface area contributed by atoms with E-state index < -0.39 is 0 Å². The second-order valence-electron chi connectivity index (χ2n) is 6.08. The Morgan fingerprint density at radius 1 is 1.29 bits per heavy atom. The number of rotatable bonds is 4. The second-order valence-corrected chi connectivity index (χ2v) is 6.08. The van der Waals surface area contributed by atoms with Crippen LogP contribution in [0, 0.1) is 0 Å². The number of fused-ring (bicyclic) bond motifs is 1. The van der Waals surface area contributed by atoms with E-state index in [2.05, 4.69) is 37.4 Å². The standard InChI is InChI=1S/C18H19N5O/c24-18(16-9-10-19-22-16)21-15-7-4-8-17-14(15)11-20-23(17)12-13-5-2-1-3-6-13/h1-3,5-6,9-11,15H,4,7-8,12H2,(H,19,22)(H,21,24)/t15-/m0/s1. The third kappa shape index (κ3) is 2.82. The zero-order chi connectivity index (χ0) is 16.4. The first kappa shape index (κ1) is 14.7. The SMILES string of the molecule is O=C(N[C@H]1CCCc2c1cnn2Cc1ccccc1)c1ccn[nH]1. The first-order valence-corrected chi connectivity index (χ1v) is 8.20. The topological polar surface area (TPSA) is 75.6 Å². The van der Waals surface area contributed by atoms with Crippen LogP contribution >= 0.6 is 0 Å². The van der Waals surface area contributed by atoms with E-state index in [-0.39, 0.29) is 11.9 Å². The first-order valence-electron chi connectivity index (χ1n) is 8.20. The van der Waals surface area contributed by atoms with Gasteiger partial charge < -0.3 is 5.32 Å². The Kier molecular flexibility index (Phi) is 3.86. The van der Waals surface area contributed by atoms with E-state index in [1.165, 1.54) is 11.3 Å². The molecule has 2 heterocycles. The van der Waals surface area contributed by atoms with Crippen molar-refractivity contribution in [2.75, 3.05) is 0 Å². The molecule has 3 aromatic rings. The van der Waals surface area contributed by atoms with Gasteiger partial charge in [0.15, 0.2) is 0 Å².